The Labute approximate surface area is 153 Å². The Morgan fingerprint density at radius 3 is 2.44 bits per heavy atom. The summed E-state index contributed by atoms with van der Waals surface area (Å²) < 4.78 is 48.2. The first-order valence-electron chi connectivity index (χ1n) is 8.51. The second-order valence-corrected chi connectivity index (χ2v) is 7.08. The number of anilines is 1. The Bertz CT molecular complexity index is 880. The number of nitrogens with zero attached hydrogens (tertiary/aromatic N) is 2. The molecule has 0 saturated heterocycles. The number of ether oxygens (including phenoxy) is 1. The van der Waals surface area contributed by atoms with E-state index in [2.05, 4.69) is 9.84 Å². The van der Waals surface area contributed by atoms with Gasteiger partial charge in [0, 0.05) is 5.92 Å². The van der Waals surface area contributed by atoms with Gasteiger partial charge in [0.05, 0.1) is 18.5 Å². The molecular weight excluding hydrogens is 361 g/mol. The number of para-hydroxylation sites is 1. The van der Waals surface area contributed by atoms with Gasteiger partial charge in [-0.25, -0.2) is 0 Å². The number of amides is 1. The molecule has 0 radical (unpaired) electrons. The fraction of sp³-hybridized carbons (Fsp3) is 0.421. The van der Waals surface area contributed by atoms with Crippen LogP contribution in [0.4, 0.5) is 18.9 Å². The molecule has 142 valence electrons. The van der Waals surface area contributed by atoms with E-state index in [1.807, 2.05) is 0 Å². The average molecular weight is 378 g/mol. The molecule has 0 aromatic heterocycles. The lowest BCUT2D eigenvalue weighted by Crippen LogP contribution is -2.65. The minimum Gasteiger partial charge on any atom is -0.468 e. The van der Waals surface area contributed by atoms with E-state index in [-0.39, 0.29) is 12.1 Å². The van der Waals surface area contributed by atoms with E-state index in [9.17, 15) is 22.8 Å². The fourth-order valence-corrected chi connectivity index (χ4v) is 5.17. The fourth-order valence-electron chi connectivity index (χ4n) is 5.17. The number of rotatable bonds is 2. The van der Waals surface area contributed by atoms with E-state index in [1.54, 1.807) is 36.4 Å². The highest BCUT2D eigenvalue weighted by atomic mass is 19.4. The van der Waals surface area contributed by atoms with E-state index >= 15 is 0 Å². The first kappa shape index (κ1) is 17.8. The van der Waals surface area contributed by atoms with Crippen LogP contribution in [0.3, 0.4) is 0 Å². The highest BCUT2D eigenvalue weighted by Gasteiger charge is 2.86. The standard InChI is InChI=1S/C19H17F3N2O3/c1-11-17(15(25)24(23-11)14-6-4-3-5-7-14)12-8-9-13(10-12)18(17,16(26)27-2)19(20,21)22/h3-9,12-13H,10H2,1-2H3/t12-,13-,17+,18-/m0/s1. The smallest absolute Gasteiger partial charge is 0.406 e. The quantitative estimate of drug-likeness (QED) is 0.586. The number of hydrazone groups is 1. The summed E-state index contributed by atoms with van der Waals surface area (Å²) in [5, 5.41) is 5.16. The van der Waals surface area contributed by atoms with Gasteiger partial charge in [-0.05, 0) is 31.4 Å². The van der Waals surface area contributed by atoms with E-state index < -0.39 is 40.7 Å². The molecule has 1 spiro atoms. The SMILES string of the molecule is COC(=O)[C@@]1(C(F)(F)F)[C@H]2C=C[C@@H](C2)[C@]12C(=O)N(c1ccccc1)N=C2C. The number of hydrogen-bond acceptors (Lipinski definition) is 4. The van der Waals surface area contributed by atoms with Gasteiger partial charge in [-0.15, -0.1) is 0 Å². The number of carbonyl (C=O) groups excluding carboxylic acids is 2. The summed E-state index contributed by atoms with van der Waals surface area (Å²) in [4.78, 5) is 26.1. The van der Waals surface area contributed by atoms with Gasteiger partial charge in [-0.1, -0.05) is 30.4 Å². The molecule has 8 heteroatoms. The van der Waals surface area contributed by atoms with E-state index in [1.165, 1.54) is 13.0 Å². The number of carbonyl (C=O) groups is 2. The third kappa shape index (κ3) is 1.83. The van der Waals surface area contributed by atoms with Gasteiger partial charge in [0.15, 0.2) is 5.41 Å². The van der Waals surface area contributed by atoms with Gasteiger partial charge in [0.2, 0.25) is 0 Å². The molecule has 1 fully saturated rings. The maximum absolute atomic E-state index is 14.5. The van der Waals surface area contributed by atoms with Crippen LogP contribution in [0.2, 0.25) is 0 Å². The number of benzene rings is 1. The molecule has 2 aliphatic carbocycles. The predicted molar refractivity (Wildman–Crippen MR) is 90.7 cm³/mol. The van der Waals surface area contributed by atoms with Crippen LogP contribution < -0.4 is 5.01 Å². The van der Waals surface area contributed by atoms with E-state index in [4.69, 9.17) is 0 Å². The second-order valence-electron chi connectivity index (χ2n) is 7.08. The van der Waals surface area contributed by atoms with Crippen molar-refractivity contribution >= 4 is 23.3 Å². The summed E-state index contributed by atoms with van der Waals surface area (Å²) in [6.45, 7) is 1.39. The van der Waals surface area contributed by atoms with E-state index in [0.29, 0.717) is 5.69 Å². The lowest BCUT2D eigenvalue weighted by atomic mass is 9.55. The van der Waals surface area contributed by atoms with Crippen LogP contribution in [0.25, 0.3) is 0 Å². The van der Waals surface area contributed by atoms with Gasteiger partial charge in [-0.2, -0.15) is 23.3 Å². The van der Waals surface area contributed by atoms with Crippen LogP contribution >= 0.6 is 0 Å². The summed E-state index contributed by atoms with van der Waals surface area (Å²) in [6.07, 6.45) is -1.95. The highest BCUT2D eigenvalue weighted by molar-refractivity contribution is 6.22. The predicted octanol–water partition coefficient (Wildman–Crippen LogP) is 3.32. The molecule has 1 aliphatic heterocycles. The molecule has 27 heavy (non-hydrogen) atoms. The molecule has 4 atom stereocenters. The van der Waals surface area contributed by atoms with Crippen molar-refractivity contribution in [2.75, 3.05) is 12.1 Å². The monoisotopic (exact) mass is 378 g/mol. The number of esters is 1. The maximum atomic E-state index is 14.5. The van der Waals surface area contributed by atoms with Crippen molar-refractivity contribution in [3.05, 3.63) is 42.5 Å². The Balaban J connectivity index is 1.98. The topological polar surface area (TPSA) is 59.0 Å². The first-order chi connectivity index (χ1) is 12.7. The van der Waals surface area contributed by atoms with Crippen LogP contribution in [-0.2, 0) is 14.3 Å². The number of allylic oxidation sites excluding steroid dienone is 2. The van der Waals surface area contributed by atoms with Crippen molar-refractivity contribution in [3.63, 3.8) is 0 Å². The average Bonchev–Trinajstić information content (AvgIpc) is 3.29. The molecule has 1 aromatic rings. The summed E-state index contributed by atoms with van der Waals surface area (Å²) in [7, 11) is 0.917. The molecule has 1 amide bonds. The molecule has 5 nitrogen and oxygen atoms in total. The number of alkyl halides is 3. The molecular formula is C19H17F3N2O3. The van der Waals surface area contributed by atoms with Crippen LogP contribution in [0.15, 0.2) is 47.6 Å². The van der Waals surface area contributed by atoms with Crippen molar-refractivity contribution in [2.45, 2.75) is 19.5 Å². The molecule has 1 heterocycles. The summed E-state index contributed by atoms with van der Waals surface area (Å²) in [5.41, 5.74) is -4.78. The zero-order valence-corrected chi connectivity index (χ0v) is 14.7. The Morgan fingerprint density at radius 1 is 1.22 bits per heavy atom. The second kappa shape index (κ2) is 5.43. The largest absolute Gasteiger partial charge is 0.468 e. The number of fused-ring (bicyclic) bond motifs is 3. The normalized spacial score (nSPS) is 34.5. The van der Waals surface area contributed by atoms with Crippen molar-refractivity contribution in [1.82, 2.24) is 0 Å². The Hall–Kier alpha value is -2.64. The first-order valence-corrected chi connectivity index (χ1v) is 8.51. The summed E-state index contributed by atoms with van der Waals surface area (Å²) >= 11 is 0. The molecule has 0 unspecified atom stereocenters. The Kier molecular flexibility index (Phi) is 3.57. The molecule has 3 aliphatic rings. The van der Waals surface area contributed by atoms with Crippen molar-refractivity contribution in [3.8, 4) is 0 Å². The maximum Gasteiger partial charge on any atom is 0.406 e. The summed E-state index contributed by atoms with van der Waals surface area (Å²) in [5.74, 6) is -4.22. The zero-order valence-electron chi connectivity index (χ0n) is 14.7. The lowest BCUT2D eigenvalue weighted by Gasteiger charge is -2.46. The van der Waals surface area contributed by atoms with Crippen molar-refractivity contribution < 1.29 is 27.5 Å². The molecule has 1 saturated carbocycles. The third-order valence-electron chi connectivity index (χ3n) is 6.12. The number of methoxy groups -OCH3 is 1. The van der Waals surface area contributed by atoms with Crippen molar-refractivity contribution in [2.24, 2.45) is 27.8 Å². The van der Waals surface area contributed by atoms with Crippen LogP contribution in [0.5, 0.6) is 0 Å². The minimum absolute atomic E-state index is 0.0177. The highest BCUT2D eigenvalue weighted by Crippen LogP contribution is 2.71. The summed E-state index contributed by atoms with van der Waals surface area (Å²) in [6, 6.07) is 8.23. The number of hydrogen-bond donors (Lipinski definition) is 0. The van der Waals surface area contributed by atoms with Gasteiger partial charge >= 0.3 is 12.1 Å². The molecule has 0 N–H and O–H groups in total. The minimum atomic E-state index is -4.98. The Morgan fingerprint density at radius 2 is 1.85 bits per heavy atom. The van der Waals surface area contributed by atoms with Gasteiger partial charge in [0.1, 0.15) is 5.41 Å². The van der Waals surface area contributed by atoms with E-state index in [0.717, 1.165) is 12.1 Å². The number of halogens is 3. The zero-order chi connectivity index (χ0) is 19.6. The molecule has 4 rings (SSSR count). The van der Waals surface area contributed by atoms with Gasteiger partial charge in [0.25, 0.3) is 5.91 Å². The lowest BCUT2D eigenvalue weighted by molar-refractivity contribution is -0.258. The molecule has 2 bridgehead atoms. The van der Waals surface area contributed by atoms with Crippen LogP contribution in [0, 0.1) is 22.7 Å². The van der Waals surface area contributed by atoms with Crippen molar-refractivity contribution in [1.29, 1.82) is 0 Å². The third-order valence-corrected chi connectivity index (χ3v) is 6.12. The molecule has 1 aromatic carbocycles. The van der Waals surface area contributed by atoms with Gasteiger partial charge < -0.3 is 4.74 Å². The van der Waals surface area contributed by atoms with Gasteiger partial charge in [-0.3, -0.25) is 9.59 Å². The van der Waals surface area contributed by atoms with Crippen LogP contribution in [0.1, 0.15) is 13.3 Å². The van der Waals surface area contributed by atoms with Crippen LogP contribution in [-0.4, -0.2) is 30.9 Å².